The molecule has 0 radical (unpaired) electrons. The van der Waals surface area contributed by atoms with Gasteiger partial charge in [0.25, 0.3) is 0 Å². The second-order valence-electron chi connectivity index (χ2n) is 4.22. The van der Waals surface area contributed by atoms with Crippen molar-refractivity contribution in [3.8, 4) is 0 Å². The molecule has 1 aromatic carbocycles. The zero-order valence-electron chi connectivity index (χ0n) is 10.7. The summed E-state index contributed by atoms with van der Waals surface area (Å²) in [6.07, 6.45) is 2.98. The van der Waals surface area contributed by atoms with Gasteiger partial charge in [-0.15, -0.1) is 0 Å². The first kappa shape index (κ1) is 15.5. The Bertz CT molecular complexity index is 503. The van der Waals surface area contributed by atoms with Gasteiger partial charge >= 0.3 is 0 Å². The van der Waals surface area contributed by atoms with Gasteiger partial charge < -0.3 is 5.73 Å². The van der Waals surface area contributed by atoms with Crippen LogP contribution in [0.4, 0.5) is 5.69 Å². The Morgan fingerprint density at radius 1 is 1.33 bits per heavy atom. The molecule has 0 spiro atoms. The average molecular weight is 335 g/mol. The van der Waals surface area contributed by atoms with Crippen LogP contribution in [0.2, 0.25) is 0 Å². The number of sulfonamides is 1. The third-order valence-corrected chi connectivity index (χ3v) is 5.30. The van der Waals surface area contributed by atoms with E-state index in [-0.39, 0.29) is 4.90 Å². The van der Waals surface area contributed by atoms with Crippen molar-refractivity contribution in [3.63, 3.8) is 0 Å². The lowest BCUT2D eigenvalue weighted by Gasteiger charge is -2.17. The average Bonchev–Trinajstić information content (AvgIpc) is 2.32. The van der Waals surface area contributed by atoms with Gasteiger partial charge in [-0.25, -0.2) is 12.7 Å². The molecule has 2 N–H and O–H groups in total. The van der Waals surface area contributed by atoms with Crippen molar-refractivity contribution in [1.82, 2.24) is 4.31 Å². The van der Waals surface area contributed by atoms with Gasteiger partial charge in [-0.1, -0.05) is 19.8 Å². The van der Waals surface area contributed by atoms with Crippen LogP contribution in [0.3, 0.4) is 0 Å². The summed E-state index contributed by atoms with van der Waals surface area (Å²) >= 11 is 3.24. The van der Waals surface area contributed by atoms with E-state index in [4.69, 9.17) is 5.73 Å². The van der Waals surface area contributed by atoms with Crippen LogP contribution >= 0.6 is 15.9 Å². The third kappa shape index (κ3) is 3.70. The summed E-state index contributed by atoms with van der Waals surface area (Å²) in [7, 11) is -1.80. The van der Waals surface area contributed by atoms with Crippen LogP contribution in [0.1, 0.15) is 26.2 Å². The molecule has 0 bridgehead atoms. The first-order valence-corrected chi connectivity index (χ1v) is 8.14. The SMILES string of the molecule is CCCCCN(C)S(=O)(=O)c1ccc(N)c(Br)c1. The molecule has 1 rings (SSSR count). The van der Waals surface area contributed by atoms with Crippen molar-refractivity contribution < 1.29 is 8.42 Å². The predicted octanol–water partition coefficient (Wildman–Crippen LogP) is 2.84. The maximum Gasteiger partial charge on any atom is 0.242 e. The summed E-state index contributed by atoms with van der Waals surface area (Å²) < 4.78 is 26.5. The second-order valence-corrected chi connectivity index (χ2v) is 7.12. The molecule has 4 nitrogen and oxygen atoms in total. The van der Waals surface area contributed by atoms with Crippen molar-refractivity contribution in [3.05, 3.63) is 22.7 Å². The van der Waals surface area contributed by atoms with E-state index >= 15 is 0 Å². The fraction of sp³-hybridized carbons (Fsp3) is 0.500. The van der Waals surface area contributed by atoms with Crippen LogP contribution in [0.5, 0.6) is 0 Å². The van der Waals surface area contributed by atoms with E-state index in [0.717, 1.165) is 19.3 Å². The molecule has 1 aromatic rings. The quantitative estimate of drug-likeness (QED) is 0.642. The summed E-state index contributed by atoms with van der Waals surface area (Å²) in [5, 5.41) is 0. The summed E-state index contributed by atoms with van der Waals surface area (Å²) in [6, 6.07) is 4.67. The topological polar surface area (TPSA) is 63.4 Å². The molecular weight excluding hydrogens is 316 g/mol. The van der Waals surface area contributed by atoms with E-state index in [1.165, 1.54) is 10.4 Å². The molecule has 0 fully saturated rings. The molecule has 6 heteroatoms. The minimum absolute atomic E-state index is 0.266. The van der Waals surface area contributed by atoms with Crippen molar-refractivity contribution in [1.29, 1.82) is 0 Å². The highest BCUT2D eigenvalue weighted by molar-refractivity contribution is 9.10. The molecule has 0 amide bonds. The number of anilines is 1. The van der Waals surface area contributed by atoms with Crippen LogP contribution in [0.25, 0.3) is 0 Å². The van der Waals surface area contributed by atoms with Gasteiger partial charge in [0.2, 0.25) is 10.0 Å². The van der Waals surface area contributed by atoms with Crippen molar-refractivity contribution in [2.45, 2.75) is 31.1 Å². The highest BCUT2D eigenvalue weighted by Gasteiger charge is 2.20. The molecule has 102 valence electrons. The fourth-order valence-electron chi connectivity index (χ4n) is 1.55. The Hall–Kier alpha value is -0.590. The van der Waals surface area contributed by atoms with Crippen molar-refractivity contribution >= 4 is 31.6 Å². The van der Waals surface area contributed by atoms with E-state index in [2.05, 4.69) is 22.9 Å². The standard InChI is InChI=1S/C12H19BrN2O2S/c1-3-4-5-8-15(2)18(16,17)10-6-7-12(14)11(13)9-10/h6-7,9H,3-5,8,14H2,1-2H3. The summed E-state index contributed by atoms with van der Waals surface area (Å²) in [6.45, 7) is 2.63. The van der Waals surface area contributed by atoms with E-state index in [1.807, 2.05) is 0 Å². The van der Waals surface area contributed by atoms with Gasteiger partial charge in [0.15, 0.2) is 0 Å². The van der Waals surface area contributed by atoms with Crippen LogP contribution in [-0.2, 0) is 10.0 Å². The van der Waals surface area contributed by atoms with Gasteiger partial charge in [-0.3, -0.25) is 0 Å². The van der Waals surface area contributed by atoms with Crippen LogP contribution in [-0.4, -0.2) is 26.3 Å². The molecular formula is C12H19BrN2O2S. The van der Waals surface area contributed by atoms with Crippen LogP contribution < -0.4 is 5.73 Å². The number of hydrogen-bond donors (Lipinski definition) is 1. The lowest BCUT2D eigenvalue weighted by molar-refractivity contribution is 0.454. The fourth-order valence-corrected chi connectivity index (χ4v) is 3.32. The highest BCUT2D eigenvalue weighted by Crippen LogP contribution is 2.24. The van der Waals surface area contributed by atoms with E-state index in [0.29, 0.717) is 16.7 Å². The second kappa shape index (κ2) is 6.54. The van der Waals surface area contributed by atoms with Gasteiger partial charge in [0.1, 0.15) is 0 Å². The van der Waals surface area contributed by atoms with Crippen molar-refractivity contribution in [2.24, 2.45) is 0 Å². The Kier molecular flexibility index (Phi) is 5.62. The number of rotatable bonds is 6. The van der Waals surface area contributed by atoms with E-state index in [1.54, 1.807) is 19.2 Å². The van der Waals surface area contributed by atoms with Gasteiger partial charge in [-0.05, 0) is 40.5 Å². The molecule has 0 heterocycles. The lowest BCUT2D eigenvalue weighted by Crippen LogP contribution is -2.28. The summed E-state index contributed by atoms with van der Waals surface area (Å²) in [4.78, 5) is 0.266. The highest BCUT2D eigenvalue weighted by atomic mass is 79.9. The molecule has 0 atom stereocenters. The van der Waals surface area contributed by atoms with Gasteiger partial charge in [0.05, 0.1) is 4.90 Å². The van der Waals surface area contributed by atoms with Crippen LogP contribution in [0, 0.1) is 0 Å². The van der Waals surface area contributed by atoms with Crippen molar-refractivity contribution in [2.75, 3.05) is 19.3 Å². The minimum Gasteiger partial charge on any atom is -0.398 e. The number of nitrogens with zero attached hydrogens (tertiary/aromatic N) is 1. The molecule has 0 aliphatic rings. The largest absolute Gasteiger partial charge is 0.398 e. The molecule has 0 aliphatic carbocycles. The van der Waals surface area contributed by atoms with Gasteiger partial charge in [-0.2, -0.15) is 0 Å². The maximum absolute atomic E-state index is 12.3. The zero-order chi connectivity index (χ0) is 13.8. The number of benzene rings is 1. The lowest BCUT2D eigenvalue weighted by atomic mass is 10.2. The Morgan fingerprint density at radius 3 is 2.56 bits per heavy atom. The molecule has 18 heavy (non-hydrogen) atoms. The van der Waals surface area contributed by atoms with Gasteiger partial charge in [0, 0.05) is 23.8 Å². The Labute approximate surface area is 117 Å². The molecule has 0 saturated carbocycles. The van der Waals surface area contributed by atoms with Crippen LogP contribution in [0.15, 0.2) is 27.6 Å². The number of nitrogen functional groups attached to an aromatic ring is 1. The molecule has 0 aromatic heterocycles. The number of hydrogen-bond acceptors (Lipinski definition) is 3. The normalized spacial score (nSPS) is 12.0. The van der Waals surface area contributed by atoms with E-state index in [9.17, 15) is 8.42 Å². The smallest absolute Gasteiger partial charge is 0.242 e. The van der Waals surface area contributed by atoms with E-state index < -0.39 is 10.0 Å². The number of halogens is 1. The minimum atomic E-state index is -3.41. The summed E-state index contributed by atoms with van der Waals surface area (Å²) in [5.74, 6) is 0. The molecule has 0 saturated heterocycles. The summed E-state index contributed by atoms with van der Waals surface area (Å²) in [5.41, 5.74) is 6.18. The zero-order valence-corrected chi connectivity index (χ0v) is 13.1. The molecule has 0 unspecified atom stereocenters. The first-order valence-electron chi connectivity index (χ1n) is 5.91. The Balaban J connectivity index is 2.88. The first-order chi connectivity index (χ1) is 8.39. The Morgan fingerprint density at radius 2 is 2.00 bits per heavy atom. The maximum atomic E-state index is 12.3. The number of unbranched alkanes of at least 4 members (excludes halogenated alkanes) is 2. The third-order valence-electron chi connectivity index (χ3n) is 2.76. The molecule has 0 aliphatic heterocycles. The number of nitrogens with two attached hydrogens (primary N) is 1. The monoisotopic (exact) mass is 334 g/mol. The predicted molar refractivity (Wildman–Crippen MR) is 77.9 cm³/mol.